The van der Waals surface area contributed by atoms with E-state index in [9.17, 15) is 4.79 Å². The van der Waals surface area contributed by atoms with Crippen molar-refractivity contribution in [2.45, 2.75) is 12.8 Å². The zero-order chi connectivity index (χ0) is 15.5. The van der Waals surface area contributed by atoms with Gasteiger partial charge >= 0.3 is 5.97 Å². The van der Waals surface area contributed by atoms with E-state index < -0.39 is 5.97 Å². The van der Waals surface area contributed by atoms with E-state index in [1.54, 1.807) is 13.3 Å². The largest absolute Gasteiger partial charge is 0.497 e. The summed E-state index contributed by atoms with van der Waals surface area (Å²) in [7, 11) is 1.60. The minimum absolute atomic E-state index is 0.0202. The molecule has 2 aromatic heterocycles. The molecule has 0 spiro atoms. The van der Waals surface area contributed by atoms with Crippen LogP contribution in [0.4, 0.5) is 0 Å². The number of aryl methyl sites for hydroxylation is 1. The van der Waals surface area contributed by atoms with Crippen molar-refractivity contribution < 1.29 is 14.6 Å². The quantitative estimate of drug-likeness (QED) is 0.779. The van der Waals surface area contributed by atoms with E-state index in [2.05, 4.69) is 15.2 Å². The fourth-order valence-electron chi connectivity index (χ4n) is 2.22. The Morgan fingerprint density at radius 1 is 1.32 bits per heavy atom. The van der Waals surface area contributed by atoms with E-state index in [0.29, 0.717) is 23.6 Å². The highest BCUT2D eigenvalue weighted by Gasteiger charge is 2.14. The van der Waals surface area contributed by atoms with E-state index >= 15 is 0 Å². The first-order valence-corrected chi connectivity index (χ1v) is 7.52. The number of aliphatic carboxylic acids is 1. The van der Waals surface area contributed by atoms with Gasteiger partial charge in [-0.05, 0) is 18.2 Å². The third-order valence-electron chi connectivity index (χ3n) is 3.27. The average molecular weight is 315 g/mol. The van der Waals surface area contributed by atoms with Gasteiger partial charge in [0.05, 0.1) is 19.2 Å². The summed E-state index contributed by atoms with van der Waals surface area (Å²) in [5, 5.41) is 21.7. The number of carboxylic acid groups (broad SMARTS) is 1. The molecule has 0 saturated heterocycles. The van der Waals surface area contributed by atoms with Crippen molar-refractivity contribution in [2.75, 3.05) is 7.11 Å². The Bertz CT molecular complexity index is 818. The number of hydrogen-bond acceptors (Lipinski definition) is 6. The van der Waals surface area contributed by atoms with Gasteiger partial charge in [-0.3, -0.25) is 4.79 Å². The molecule has 0 aliphatic rings. The van der Waals surface area contributed by atoms with Crippen LogP contribution in [0.25, 0.3) is 21.5 Å². The molecular formula is C15H13N3O3S. The maximum atomic E-state index is 10.8. The maximum absolute atomic E-state index is 10.8. The molecule has 0 aliphatic carbocycles. The molecule has 0 bridgehead atoms. The molecule has 0 amide bonds. The van der Waals surface area contributed by atoms with Crippen LogP contribution in [-0.2, 0) is 11.2 Å². The Morgan fingerprint density at radius 2 is 2.18 bits per heavy atom. The third kappa shape index (κ3) is 2.75. The highest BCUT2D eigenvalue weighted by Crippen LogP contribution is 2.31. The number of carboxylic acids is 1. The Kier molecular flexibility index (Phi) is 3.97. The van der Waals surface area contributed by atoms with Crippen LogP contribution in [0.3, 0.4) is 0 Å². The highest BCUT2D eigenvalue weighted by atomic mass is 32.1. The zero-order valence-corrected chi connectivity index (χ0v) is 12.6. The summed E-state index contributed by atoms with van der Waals surface area (Å²) >= 11 is 1.48. The minimum atomic E-state index is -0.854. The second-order valence-corrected chi connectivity index (χ2v) is 5.53. The summed E-state index contributed by atoms with van der Waals surface area (Å²) in [5.41, 5.74) is 1.35. The van der Waals surface area contributed by atoms with Gasteiger partial charge in [-0.15, -0.1) is 16.4 Å². The lowest BCUT2D eigenvalue weighted by Crippen LogP contribution is -2.03. The van der Waals surface area contributed by atoms with E-state index in [0.717, 1.165) is 15.8 Å². The van der Waals surface area contributed by atoms with Crippen molar-refractivity contribution in [1.82, 2.24) is 15.2 Å². The van der Waals surface area contributed by atoms with Gasteiger partial charge in [-0.25, -0.2) is 4.98 Å². The number of hydrogen-bond donors (Lipinski definition) is 1. The number of ether oxygens (including phenoxy) is 1. The molecule has 1 N–H and O–H groups in total. The summed E-state index contributed by atoms with van der Waals surface area (Å²) in [4.78, 5) is 15.1. The van der Waals surface area contributed by atoms with E-state index in [4.69, 9.17) is 9.84 Å². The van der Waals surface area contributed by atoms with Crippen LogP contribution in [-0.4, -0.2) is 33.4 Å². The van der Waals surface area contributed by atoms with E-state index in [-0.39, 0.29) is 6.42 Å². The molecule has 7 heteroatoms. The molecule has 0 atom stereocenters. The van der Waals surface area contributed by atoms with Crippen LogP contribution in [0.15, 0.2) is 29.8 Å². The van der Waals surface area contributed by atoms with Crippen molar-refractivity contribution in [3.63, 3.8) is 0 Å². The number of thiazole rings is 1. The Morgan fingerprint density at radius 3 is 2.86 bits per heavy atom. The summed E-state index contributed by atoms with van der Waals surface area (Å²) in [6.45, 7) is 0. The highest BCUT2D eigenvalue weighted by molar-refractivity contribution is 7.13. The zero-order valence-electron chi connectivity index (χ0n) is 11.8. The van der Waals surface area contributed by atoms with Crippen molar-refractivity contribution in [3.05, 3.63) is 35.5 Å². The summed E-state index contributed by atoms with van der Waals surface area (Å²) in [5.74, 6) is -0.144. The summed E-state index contributed by atoms with van der Waals surface area (Å²) < 4.78 is 5.27. The first-order valence-electron chi connectivity index (χ1n) is 6.64. The third-order valence-corrected chi connectivity index (χ3v) is 4.05. The molecule has 6 nitrogen and oxygen atoms in total. The van der Waals surface area contributed by atoms with Crippen molar-refractivity contribution in [2.24, 2.45) is 0 Å². The smallest absolute Gasteiger partial charge is 0.303 e. The molecule has 0 saturated carbocycles. The Hall–Kier alpha value is -2.54. The van der Waals surface area contributed by atoms with Gasteiger partial charge in [-0.2, -0.15) is 5.10 Å². The van der Waals surface area contributed by atoms with Crippen LogP contribution in [0, 0.1) is 0 Å². The fraction of sp³-hybridized carbons (Fsp3) is 0.200. The van der Waals surface area contributed by atoms with Gasteiger partial charge < -0.3 is 9.84 Å². The number of rotatable bonds is 5. The first kappa shape index (κ1) is 14.4. The number of aromatic nitrogens is 3. The van der Waals surface area contributed by atoms with E-state index in [1.807, 2.05) is 23.6 Å². The lowest BCUT2D eigenvalue weighted by molar-refractivity contribution is -0.136. The van der Waals surface area contributed by atoms with Crippen LogP contribution >= 0.6 is 11.3 Å². The maximum Gasteiger partial charge on any atom is 0.303 e. The van der Waals surface area contributed by atoms with E-state index in [1.165, 1.54) is 11.3 Å². The normalized spacial score (nSPS) is 10.8. The molecule has 2 heterocycles. The molecule has 0 fully saturated rings. The summed E-state index contributed by atoms with van der Waals surface area (Å²) in [6, 6.07) is 5.60. The Labute approximate surface area is 130 Å². The predicted octanol–water partition coefficient (Wildman–Crippen LogP) is 2.78. The number of carbonyl (C=O) groups is 1. The molecule has 3 rings (SSSR count). The minimum Gasteiger partial charge on any atom is -0.497 e. The van der Waals surface area contributed by atoms with Crippen LogP contribution in [0.1, 0.15) is 12.1 Å². The molecule has 0 aliphatic heterocycles. The molecule has 1 aromatic carbocycles. The average Bonchev–Trinajstić information content (AvgIpc) is 3.06. The van der Waals surface area contributed by atoms with Crippen LogP contribution in [0.5, 0.6) is 5.75 Å². The number of fused-ring (bicyclic) bond motifs is 1. The number of nitrogens with zero attached hydrogens (tertiary/aromatic N) is 3. The van der Waals surface area contributed by atoms with Gasteiger partial charge in [0.25, 0.3) is 0 Å². The second kappa shape index (κ2) is 6.07. The van der Waals surface area contributed by atoms with Crippen LogP contribution in [0.2, 0.25) is 0 Å². The molecule has 0 radical (unpaired) electrons. The first-order chi connectivity index (χ1) is 10.7. The number of benzene rings is 1. The molecule has 112 valence electrons. The van der Waals surface area contributed by atoms with Gasteiger partial charge in [0, 0.05) is 28.8 Å². The lowest BCUT2D eigenvalue weighted by Gasteiger charge is -2.09. The lowest BCUT2D eigenvalue weighted by atomic mass is 10.1. The Balaban J connectivity index is 2.17. The van der Waals surface area contributed by atoms with Crippen molar-refractivity contribution >= 4 is 28.1 Å². The van der Waals surface area contributed by atoms with Crippen molar-refractivity contribution in [1.29, 1.82) is 0 Å². The predicted molar refractivity (Wildman–Crippen MR) is 83.2 cm³/mol. The van der Waals surface area contributed by atoms with Gasteiger partial charge in [0.1, 0.15) is 16.5 Å². The molecule has 3 aromatic rings. The van der Waals surface area contributed by atoms with Crippen LogP contribution < -0.4 is 4.74 Å². The topological polar surface area (TPSA) is 85.2 Å². The molecule has 0 unspecified atom stereocenters. The standard InChI is InChI=1S/C15H13N3O3S/c1-21-9-2-3-10-11(8-9)14(15-16-6-7-22-15)18-17-12(10)4-5-13(19)20/h2-3,6-8H,4-5H2,1H3,(H,19,20). The second-order valence-electron chi connectivity index (χ2n) is 4.64. The van der Waals surface area contributed by atoms with Gasteiger partial charge in [-0.1, -0.05) is 0 Å². The molecule has 22 heavy (non-hydrogen) atoms. The monoisotopic (exact) mass is 315 g/mol. The SMILES string of the molecule is COc1ccc2c(CCC(=O)O)nnc(-c3nccs3)c2c1. The summed E-state index contributed by atoms with van der Waals surface area (Å²) in [6.07, 6.45) is 2.07. The molecular weight excluding hydrogens is 302 g/mol. The fourth-order valence-corrected chi connectivity index (χ4v) is 2.86. The van der Waals surface area contributed by atoms with Gasteiger partial charge in [0.15, 0.2) is 0 Å². The van der Waals surface area contributed by atoms with Crippen molar-refractivity contribution in [3.8, 4) is 16.5 Å². The number of methoxy groups -OCH3 is 1. The van der Waals surface area contributed by atoms with Gasteiger partial charge in [0.2, 0.25) is 0 Å².